The summed E-state index contributed by atoms with van der Waals surface area (Å²) in [7, 11) is 0. The van der Waals surface area contributed by atoms with Crippen molar-refractivity contribution in [2.45, 2.75) is 46.2 Å². The minimum absolute atomic E-state index is 0.199. The van der Waals surface area contributed by atoms with Gasteiger partial charge in [0.25, 0.3) is 5.91 Å². The van der Waals surface area contributed by atoms with Crippen LogP contribution in [0.2, 0.25) is 0 Å². The number of piperidine rings is 1. The van der Waals surface area contributed by atoms with Gasteiger partial charge in [-0.25, -0.2) is 14.6 Å². The van der Waals surface area contributed by atoms with E-state index >= 15 is 0 Å². The van der Waals surface area contributed by atoms with Crippen LogP contribution in [0.15, 0.2) is 53.6 Å². The molecule has 1 aliphatic heterocycles. The zero-order valence-electron chi connectivity index (χ0n) is 21.6. The minimum Gasteiger partial charge on any atom is -0.340 e. The summed E-state index contributed by atoms with van der Waals surface area (Å²) in [4.78, 5) is 40.8. The zero-order chi connectivity index (χ0) is 26.2. The molecule has 0 spiro atoms. The van der Waals surface area contributed by atoms with Crippen LogP contribution < -0.4 is 5.43 Å². The van der Waals surface area contributed by atoms with Crippen molar-refractivity contribution in [3.05, 3.63) is 81.8 Å². The fourth-order valence-electron chi connectivity index (χ4n) is 5.30. The lowest BCUT2D eigenvalue weighted by molar-refractivity contribution is 0.0688. The summed E-state index contributed by atoms with van der Waals surface area (Å²) in [5.41, 5.74) is 4.33. The molecule has 0 unspecified atom stereocenters. The van der Waals surface area contributed by atoms with Gasteiger partial charge in [0.2, 0.25) is 5.43 Å². The Kier molecular flexibility index (Phi) is 6.22. The highest BCUT2D eigenvalue weighted by atomic mass is 16.2. The Morgan fingerprint density at radius 2 is 1.89 bits per heavy atom. The Morgan fingerprint density at radius 3 is 2.68 bits per heavy atom. The van der Waals surface area contributed by atoms with Gasteiger partial charge in [0.15, 0.2) is 0 Å². The number of carbonyl (C=O) groups excluding carboxylic acids is 1. The molecule has 0 aliphatic carbocycles. The number of aromatic nitrogens is 7. The first-order chi connectivity index (χ1) is 18.5. The number of hydrogen-bond acceptors (Lipinski definition) is 6. The van der Waals surface area contributed by atoms with Gasteiger partial charge in [-0.1, -0.05) is 17.3 Å². The average molecular weight is 511 g/mol. The first kappa shape index (κ1) is 24.0. The molecule has 1 amide bonds. The van der Waals surface area contributed by atoms with Gasteiger partial charge in [-0.2, -0.15) is 0 Å². The smallest absolute Gasteiger partial charge is 0.259 e. The molecule has 0 atom stereocenters. The van der Waals surface area contributed by atoms with Gasteiger partial charge in [-0.15, -0.1) is 5.10 Å². The summed E-state index contributed by atoms with van der Waals surface area (Å²) in [6.07, 6.45) is 6.18. The third-order valence-corrected chi connectivity index (χ3v) is 7.37. The van der Waals surface area contributed by atoms with E-state index in [1.807, 2.05) is 54.9 Å². The second kappa shape index (κ2) is 9.85. The Balaban J connectivity index is 1.09. The van der Waals surface area contributed by atoms with Gasteiger partial charge in [-0.05, 0) is 63.3 Å². The quantitative estimate of drug-likeness (QED) is 0.375. The molecule has 1 fully saturated rings. The number of H-pyrrole nitrogens is 1. The molecular weight excluding hydrogens is 480 g/mol. The van der Waals surface area contributed by atoms with Crippen molar-refractivity contribution in [3.63, 3.8) is 0 Å². The number of aromatic amines is 1. The summed E-state index contributed by atoms with van der Waals surface area (Å²) >= 11 is 0. The van der Waals surface area contributed by atoms with E-state index in [0.717, 1.165) is 47.5 Å². The van der Waals surface area contributed by atoms with E-state index in [9.17, 15) is 9.59 Å². The van der Waals surface area contributed by atoms with Crippen LogP contribution in [0.4, 0.5) is 0 Å². The number of aryl methyl sites for hydroxylation is 2. The van der Waals surface area contributed by atoms with Crippen molar-refractivity contribution in [1.82, 2.24) is 39.4 Å². The maximum atomic E-state index is 13.4. The zero-order valence-corrected chi connectivity index (χ0v) is 21.6. The van der Waals surface area contributed by atoms with E-state index in [2.05, 4.69) is 25.3 Å². The van der Waals surface area contributed by atoms with Gasteiger partial charge in [0, 0.05) is 37.7 Å². The number of fused-ring (bicyclic) bond motifs is 2. The molecule has 5 aromatic rings. The van der Waals surface area contributed by atoms with Gasteiger partial charge in [0.05, 0.1) is 22.1 Å². The van der Waals surface area contributed by atoms with Crippen molar-refractivity contribution in [1.29, 1.82) is 0 Å². The summed E-state index contributed by atoms with van der Waals surface area (Å²) in [6.45, 7) is 6.28. The van der Waals surface area contributed by atoms with Gasteiger partial charge < -0.3 is 14.5 Å². The molecule has 6 rings (SSSR count). The topological polar surface area (TPSA) is 115 Å². The summed E-state index contributed by atoms with van der Waals surface area (Å²) in [5, 5.41) is 9.14. The number of rotatable bonds is 6. The van der Waals surface area contributed by atoms with Gasteiger partial charge >= 0.3 is 0 Å². The van der Waals surface area contributed by atoms with Crippen LogP contribution in [0.25, 0.3) is 22.1 Å². The van der Waals surface area contributed by atoms with E-state index in [4.69, 9.17) is 0 Å². The number of imidazole rings is 1. The van der Waals surface area contributed by atoms with E-state index in [0.29, 0.717) is 43.1 Å². The normalized spacial score (nSPS) is 14.5. The van der Waals surface area contributed by atoms with E-state index < -0.39 is 0 Å². The van der Waals surface area contributed by atoms with Crippen LogP contribution in [-0.2, 0) is 19.5 Å². The fourth-order valence-corrected chi connectivity index (χ4v) is 5.30. The molecule has 0 saturated carbocycles. The Bertz CT molecular complexity index is 1660. The molecule has 0 radical (unpaired) electrons. The average Bonchev–Trinajstić information content (AvgIpc) is 3.55. The standard InChI is InChI=1S/C28H30N8O2/c1-3-34-16-22(26(37)21-9-8-18(2)29-27(21)34)28(38)35-12-10-19(11-13-35)14-20-15-36(33-32-20)17-25-30-23-6-4-5-7-24(23)31-25/h4-9,15-16,19H,3,10-14,17H2,1-2H3,(H,30,31). The van der Waals surface area contributed by atoms with Crippen LogP contribution >= 0.6 is 0 Å². The fraction of sp³-hybridized carbons (Fsp3) is 0.357. The van der Waals surface area contributed by atoms with Crippen molar-refractivity contribution in [2.75, 3.05) is 13.1 Å². The minimum atomic E-state index is -0.245. The number of carbonyl (C=O) groups is 1. The maximum Gasteiger partial charge on any atom is 0.259 e. The number of benzene rings is 1. The van der Waals surface area contributed by atoms with E-state index in [1.54, 1.807) is 21.8 Å². The largest absolute Gasteiger partial charge is 0.340 e. The summed E-state index contributed by atoms with van der Waals surface area (Å²) < 4.78 is 3.69. The molecule has 10 heteroatoms. The molecule has 0 bridgehead atoms. The first-order valence-electron chi connectivity index (χ1n) is 13.1. The molecular formula is C28H30N8O2. The van der Waals surface area contributed by atoms with Crippen LogP contribution in [0.3, 0.4) is 0 Å². The van der Waals surface area contributed by atoms with Crippen molar-refractivity contribution >= 4 is 28.0 Å². The van der Waals surface area contributed by atoms with Crippen LogP contribution in [0.1, 0.15) is 47.3 Å². The highest BCUT2D eigenvalue weighted by Gasteiger charge is 2.27. The predicted octanol–water partition coefficient (Wildman–Crippen LogP) is 3.34. The Morgan fingerprint density at radius 1 is 1.08 bits per heavy atom. The Hall–Kier alpha value is -4.34. The molecule has 38 heavy (non-hydrogen) atoms. The van der Waals surface area contributed by atoms with Crippen molar-refractivity contribution in [2.24, 2.45) is 5.92 Å². The third kappa shape index (κ3) is 4.57. The van der Waals surface area contributed by atoms with Crippen LogP contribution in [-0.4, -0.2) is 58.4 Å². The molecule has 5 heterocycles. The molecule has 194 valence electrons. The molecule has 4 aromatic heterocycles. The molecule has 1 aliphatic rings. The van der Waals surface area contributed by atoms with Crippen molar-refractivity contribution < 1.29 is 4.79 Å². The second-order valence-corrected chi connectivity index (χ2v) is 10.0. The van der Waals surface area contributed by atoms with Crippen molar-refractivity contribution in [3.8, 4) is 0 Å². The van der Waals surface area contributed by atoms with Crippen LogP contribution in [0.5, 0.6) is 0 Å². The number of likely N-dealkylation sites (tertiary alicyclic amines) is 1. The monoisotopic (exact) mass is 510 g/mol. The molecule has 1 aromatic carbocycles. The molecule has 10 nitrogen and oxygen atoms in total. The van der Waals surface area contributed by atoms with E-state index in [1.165, 1.54) is 0 Å². The number of nitrogens with one attached hydrogen (secondary N) is 1. The van der Waals surface area contributed by atoms with E-state index in [-0.39, 0.29) is 16.9 Å². The maximum absolute atomic E-state index is 13.4. The summed E-state index contributed by atoms with van der Waals surface area (Å²) in [6, 6.07) is 11.5. The van der Waals surface area contributed by atoms with Gasteiger partial charge in [0.1, 0.15) is 23.6 Å². The number of pyridine rings is 2. The lowest BCUT2D eigenvalue weighted by Gasteiger charge is -2.31. The highest BCUT2D eigenvalue weighted by Crippen LogP contribution is 2.22. The first-order valence-corrected chi connectivity index (χ1v) is 13.1. The third-order valence-electron chi connectivity index (χ3n) is 7.37. The van der Waals surface area contributed by atoms with Crippen LogP contribution in [0, 0.1) is 12.8 Å². The number of amides is 1. The number of para-hydroxylation sites is 2. The SMILES string of the molecule is CCn1cc(C(=O)N2CCC(Cc3cn(Cc4nc5ccccc5[nH]4)nn3)CC2)c(=O)c2ccc(C)nc21. The highest BCUT2D eigenvalue weighted by molar-refractivity contribution is 5.97. The predicted molar refractivity (Wildman–Crippen MR) is 144 cm³/mol. The number of nitrogens with zero attached hydrogens (tertiary/aromatic N) is 7. The summed E-state index contributed by atoms with van der Waals surface area (Å²) in [5.74, 6) is 1.05. The number of hydrogen-bond donors (Lipinski definition) is 1. The Labute approximate surface area is 219 Å². The lowest BCUT2D eigenvalue weighted by atomic mass is 9.92. The van der Waals surface area contributed by atoms with Gasteiger partial charge in [-0.3, -0.25) is 9.59 Å². The lowest BCUT2D eigenvalue weighted by Crippen LogP contribution is -2.41. The second-order valence-electron chi connectivity index (χ2n) is 10.0. The molecule has 1 saturated heterocycles. The molecule has 1 N–H and O–H groups in total.